The van der Waals surface area contributed by atoms with Crippen molar-refractivity contribution in [3.05, 3.63) is 41.7 Å². The number of alkyl halides is 3. The molecule has 1 aromatic carbocycles. The number of nitrogen functional groups attached to an aromatic ring is 1. The molecule has 1 heterocycles. The molecule has 0 radical (unpaired) electrons. The number of nitrogens with zero attached hydrogens (tertiary/aromatic N) is 2. The third-order valence-electron chi connectivity index (χ3n) is 2.77. The maximum Gasteiger partial charge on any atom is 0.418 e. The lowest BCUT2D eigenvalue weighted by molar-refractivity contribution is -0.137. The van der Waals surface area contributed by atoms with E-state index in [-0.39, 0.29) is 17.3 Å². The van der Waals surface area contributed by atoms with Crippen molar-refractivity contribution in [2.24, 2.45) is 0 Å². The van der Waals surface area contributed by atoms with Crippen LogP contribution in [0.1, 0.15) is 31.0 Å². The Morgan fingerprint density at radius 3 is 2.42 bits per heavy atom. The van der Waals surface area contributed by atoms with Gasteiger partial charge in [-0.05, 0) is 30.2 Å². The van der Waals surface area contributed by atoms with Crippen molar-refractivity contribution < 1.29 is 13.2 Å². The molecule has 0 saturated carbocycles. The van der Waals surface area contributed by atoms with E-state index in [1.165, 1.54) is 23.0 Å². The van der Waals surface area contributed by atoms with E-state index in [0.717, 1.165) is 11.8 Å². The van der Waals surface area contributed by atoms with Crippen molar-refractivity contribution in [2.45, 2.75) is 25.9 Å². The lowest BCUT2D eigenvalue weighted by Crippen LogP contribution is -2.12. The maximum atomic E-state index is 13.0. The van der Waals surface area contributed by atoms with Gasteiger partial charge in [0.1, 0.15) is 0 Å². The van der Waals surface area contributed by atoms with Gasteiger partial charge >= 0.3 is 6.18 Å². The number of halogens is 3. The van der Waals surface area contributed by atoms with Crippen molar-refractivity contribution in [3.8, 4) is 5.69 Å². The highest BCUT2D eigenvalue weighted by atomic mass is 19.4. The highest BCUT2D eigenvalue weighted by molar-refractivity contribution is 5.52. The highest BCUT2D eigenvalue weighted by Gasteiger charge is 2.34. The Hall–Kier alpha value is -1.98. The standard InChI is InChI=1S/C13H14F3N3/c1-8(2)11-5-6-19(18-11)12-4-3-9(17)7-10(12)13(14,15)16/h3-8H,17H2,1-2H3. The molecular formula is C13H14F3N3. The van der Waals surface area contributed by atoms with E-state index in [4.69, 9.17) is 5.73 Å². The summed E-state index contributed by atoms with van der Waals surface area (Å²) in [6.07, 6.45) is -2.94. The number of hydrogen-bond acceptors (Lipinski definition) is 2. The number of hydrogen-bond donors (Lipinski definition) is 1. The lowest BCUT2D eigenvalue weighted by Gasteiger charge is -2.13. The number of anilines is 1. The van der Waals surface area contributed by atoms with Crippen LogP contribution >= 0.6 is 0 Å². The molecule has 0 aliphatic carbocycles. The van der Waals surface area contributed by atoms with E-state index >= 15 is 0 Å². The smallest absolute Gasteiger partial charge is 0.399 e. The first-order valence-electron chi connectivity index (χ1n) is 5.81. The largest absolute Gasteiger partial charge is 0.418 e. The third kappa shape index (κ3) is 2.72. The first-order chi connectivity index (χ1) is 8.79. The van der Waals surface area contributed by atoms with Gasteiger partial charge in [-0.25, -0.2) is 4.68 Å². The molecule has 0 atom stereocenters. The summed E-state index contributed by atoms with van der Waals surface area (Å²) in [7, 11) is 0. The molecule has 2 aromatic rings. The van der Waals surface area contributed by atoms with Crippen molar-refractivity contribution in [3.63, 3.8) is 0 Å². The van der Waals surface area contributed by atoms with Crippen molar-refractivity contribution in [1.82, 2.24) is 9.78 Å². The zero-order chi connectivity index (χ0) is 14.2. The average Bonchev–Trinajstić information content (AvgIpc) is 2.77. The normalized spacial score (nSPS) is 12.1. The molecule has 0 fully saturated rings. The molecule has 1 aromatic heterocycles. The second kappa shape index (κ2) is 4.60. The topological polar surface area (TPSA) is 43.8 Å². The zero-order valence-corrected chi connectivity index (χ0v) is 10.6. The first-order valence-corrected chi connectivity index (χ1v) is 5.81. The Labute approximate surface area is 108 Å². The van der Waals surface area contributed by atoms with Gasteiger partial charge in [0.15, 0.2) is 0 Å². The van der Waals surface area contributed by atoms with Crippen molar-refractivity contribution in [2.75, 3.05) is 5.73 Å². The van der Waals surface area contributed by atoms with Crippen LogP contribution in [0.15, 0.2) is 30.5 Å². The molecule has 0 aliphatic rings. The summed E-state index contributed by atoms with van der Waals surface area (Å²) in [5, 5.41) is 4.16. The second-order valence-corrected chi connectivity index (χ2v) is 4.61. The van der Waals surface area contributed by atoms with E-state index in [9.17, 15) is 13.2 Å². The highest BCUT2D eigenvalue weighted by Crippen LogP contribution is 2.35. The predicted molar refractivity (Wildman–Crippen MR) is 67.1 cm³/mol. The Morgan fingerprint density at radius 2 is 1.89 bits per heavy atom. The number of benzene rings is 1. The Bertz CT molecular complexity index is 585. The van der Waals surface area contributed by atoms with E-state index < -0.39 is 11.7 Å². The molecule has 3 nitrogen and oxygen atoms in total. The molecule has 0 bridgehead atoms. The van der Waals surface area contributed by atoms with E-state index in [1.807, 2.05) is 13.8 Å². The minimum atomic E-state index is -4.46. The zero-order valence-electron chi connectivity index (χ0n) is 10.6. The molecule has 2 rings (SSSR count). The summed E-state index contributed by atoms with van der Waals surface area (Å²) in [5.74, 6) is 0.157. The quantitative estimate of drug-likeness (QED) is 0.846. The fourth-order valence-electron chi connectivity index (χ4n) is 1.76. The van der Waals surface area contributed by atoms with Gasteiger partial charge in [0.25, 0.3) is 0 Å². The van der Waals surface area contributed by atoms with Gasteiger partial charge in [-0.1, -0.05) is 13.8 Å². The van der Waals surface area contributed by atoms with Crippen molar-refractivity contribution >= 4 is 5.69 Å². The summed E-state index contributed by atoms with van der Waals surface area (Å²) in [6.45, 7) is 3.86. The molecule has 0 unspecified atom stereocenters. The molecular weight excluding hydrogens is 255 g/mol. The van der Waals surface area contributed by atoms with Crippen LogP contribution in [0.3, 0.4) is 0 Å². The van der Waals surface area contributed by atoms with Crippen LogP contribution < -0.4 is 5.73 Å². The summed E-state index contributed by atoms with van der Waals surface area (Å²) >= 11 is 0. The minimum Gasteiger partial charge on any atom is -0.399 e. The van der Waals surface area contributed by atoms with Gasteiger partial charge in [0, 0.05) is 11.9 Å². The van der Waals surface area contributed by atoms with Crippen LogP contribution in [0.2, 0.25) is 0 Å². The van der Waals surface area contributed by atoms with Gasteiger partial charge in [0.05, 0.1) is 16.9 Å². The third-order valence-corrected chi connectivity index (χ3v) is 2.77. The number of nitrogens with two attached hydrogens (primary N) is 1. The Balaban J connectivity index is 2.55. The molecule has 0 amide bonds. The SMILES string of the molecule is CC(C)c1ccn(-c2ccc(N)cc2C(F)(F)F)n1. The van der Waals surface area contributed by atoms with Crippen LogP contribution in [0.25, 0.3) is 5.69 Å². The molecule has 102 valence electrons. The average molecular weight is 269 g/mol. The van der Waals surface area contributed by atoms with Gasteiger partial charge in [-0.15, -0.1) is 0 Å². The molecule has 2 N–H and O–H groups in total. The van der Waals surface area contributed by atoms with Gasteiger partial charge in [0.2, 0.25) is 0 Å². The Morgan fingerprint density at radius 1 is 1.21 bits per heavy atom. The molecule has 6 heteroatoms. The summed E-state index contributed by atoms with van der Waals surface area (Å²) < 4.78 is 40.2. The molecule has 19 heavy (non-hydrogen) atoms. The second-order valence-electron chi connectivity index (χ2n) is 4.61. The maximum absolute atomic E-state index is 13.0. The molecule has 0 saturated heterocycles. The van der Waals surface area contributed by atoms with Crippen LogP contribution in [-0.4, -0.2) is 9.78 Å². The van der Waals surface area contributed by atoms with E-state index in [1.54, 1.807) is 6.07 Å². The fraction of sp³-hybridized carbons (Fsp3) is 0.308. The Kier molecular flexibility index (Phi) is 3.26. The van der Waals surface area contributed by atoms with E-state index in [0.29, 0.717) is 0 Å². The summed E-state index contributed by atoms with van der Waals surface area (Å²) in [5.41, 5.74) is 5.44. The minimum absolute atomic E-state index is 0.0198. The van der Waals surface area contributed by atoms with Crippen molar-refractivity contribution in [1.29, 1.82) is 0 Å². The summed E-state index contributed by atoms with van der Waals surface area (Å²) in [4.78, 5) is 0. The number of rotatable bonds is 2. The fourth-order valence-corrected chi connectivity index (χ4v) is 1.76. The van der Waals surface area contributed by atoms with E-state index in [2.05, 4.69) is 5.10 Å². The summed E-state index contributed by atoms with van der Waals surface area (Å²) in [6, 6.07) is 5.39. The van der Waals surface area contributed by atoms with Crippen LogP contribution in [-0.2, 0) is 6.18 Å². The van der Waals surface area contributed by atoms with Gasteiger partial charge in [-0.3, -0.25) is 0 Å². The first kappa shape index (κ1) is 13.5. The predicted octanol–water partition coefficient (Wildman–Crippen LogP) is 3.60. The lowest BCUT2D eigenvalue weighted by atomic mass is 10.1. The van der Waals surface area contributed by atoms with Crippen LogP contribution in [0.4, 0.5) is 18.9 Å². The van der Waals surface area contributed by atoms with Crippen LogP contribution in [0.5, 0.6) is 0 Å². The van der Waals surface area contributed by atoms with Gasteiger partial charge in [-0.2, -0.15) is 18.3 Å². The molecule has 0 spiro atoms. The monoisotopic (exact) mass is 269 g/mol. The van der Waals surface area contributed by atoms with Crippen LogP contribution in [0, 0.1) is 0 Å². The van der Waals surface area contributed by atoms with Gasteiger partial charge < -0.3 is 5.73 Å². The number of aromatic nitrogens is 2. The molecule has 0 aliphatic heterocycles.